The van der Waals surface area contributed by atoms with E-state index in [0.717, 1.165) is 12.2 Å². The molecule has 0 unspecified atom stereocenters. The Morgan fingerprint density at radius 1 is 1.40 bits per heavy atom. The van der Waals surface area contributed by atoms with E-state index in [9.17, 15) is 0 Å². The molecule has 15 heavy (non-hydrogen) atoms. The smallest absolute Gasteiger partial charge is 0.122 e. The third-order valence-electron chi connectivity index (χ3n) is 2.64. The van der Waals surface area contributed by atoms with E-state index in [1.165, 1.54) is 5.56 Å². The molecule has 0 aromatic heterocycles. The molecule has 4 heteroatoms. The van der Waals surface area contributed by atoms with Crippen molar-refractivity contribution >= 4 is 5.84 Å². The molecular formula is C11H15N3O. The Kier molecular flexibility index (Phi) is 2.49. The number of nitrogens with zero attached hydrogens (tertiary/aromatic N) is 2. The fourth-order valence-electron chi connectivity index (χ4n) is 1.80. The molecular weight excluding hydrogens is 190 g/mol. The highest BCUT2D eigenvalue weighted by Gasteiger charge is 2.23. The van der Waals surface area contributed by atoms with E-state index in [4.69, 9.17) is 10.5 Å². The zero-order chi connectivity index (χ0) is 10.8. The maximum absolute atomic E-state index is 5.69. The van der Waals surface area contributed by atoms with Crippen LogP contribution in [-0.4, -0.2) is 25.0 Å². The second kappa shape index (κ2) is 3.81. The van der Waals surface area contributed by atoms with E-state index in [-0.39, 0.29) is 6.04 Å². The lowest BCUT2D eigenvalue weighted by atomic mass is 10.0. The standard InChI is InChI=1S/C11H15N3O/c1-14-10(7-11(12)13-14)8-3-5-9(15-2)6-4-8/h3-6,10H,7H2,1-2H3,(H2,12,13)/t10-/m1/s1. The Morgan fingerprint density at radius 3 is 2.53 bits per heavy atom. The summed E-state index contributed by atoms with van der Waals surface area (Å²) in [5, 5.41) is 6.09. The summed E-state index contributed by atoms with van der Waals surface area (Å²) in [5.41, 5.74) is 6.90. The average Bonchev–Trinajstić information content (AvgIpc) is 2.58. The van der Waals surface area contributed by atoms with Crippen molar-refractivity contribution in [3.8, 4) is 5.75 Å². The van der Waals surface area contributed by atoms with Gasteiger partial charge in [0.05, 0.1) is 13.2 Å². The van der Waals surface area contributed by atoms with Gasteiger partial charge in [-0.3, -0.25) is 5.01 Å². The summed E-state index contributed by atoms with van der Waals surface area (Å²) in [6.45, 7) is 0. The van der Waals surface area contributed by atoms with Crippen LogP contribution in [0.2, 0.25) is 0 Å². The normalized spacial score (nSPS) is 20.3. The molecule has 0 bridgehead atoms. The van der Waals surface area contributed by atoms with Gasteiger partial charge >= 0.3 is 0 Å². The fourth-order valence-corrected chi connectivity index (χ4v) is 1.80. The number of methoxy groups -OCH3 is 1. The van der Waals surface area contributed by atoms with Crippen LogP contribution in [0.4, 0.5) is 0 Å². The van der Waals surface area contributed by atoms with Gasteiger partial charge in [0.1, 0.15) is 11.6 Å². The third-order valence-corrected chi connectivity index (χ3v) is 2.64. The molecule has 1 aliphatic heterocycles. The third kappa shape index (κ3) is 1.88. The molecule has 80 valence electrons. The summed E-state index contributed by atoms with van der Waals surface area (Å²) in [7, 11) is 3.60. The lowest BCUT2D eigenvalue weighted by Crippen LogP contribution is -2.14. The van der Waals surface area contributed by atoms with Crippen molar-refractivity contribution in [3.63, 3.8) is 0 Å². The first-order chi connectivity index (χ1) is 7.20. The number of hydrogen-bond donors (Lipinski definition) is 1. The van der Waals surface area contributed by atoms with Crippen LogP contribution in [0, 0.1) is 0 Å². The van der Waals surface area contributed by atoms with E-state index in [1.54, 1.807) is 7.11 Å². The molecule has 0 fully saturated rings. The maximum atomic E-state index is 5.69. The monoisotopic (exact) mass is 205 g/mol. The van der Waals surface area contributed by atoms with Gasteiger partial charge < -0.3 is 10.5 Å². The Morgan fingerprint density at radius 2 is 2.07 bits per heavy atom. The zero-order valence-electron chi connectivity index (χ0n) is 8.97. The molecule has 0 saturated heterocycles. The molecule has 0 radical (unpaired) electrons. The molecule has 1 heterocycles. The predicted molar refractivity (Wildman–Crippen MR) is 59.7 cm³/mol. The fraction of sp³-hybridized carbons (Fsp3) is 0.364. The lowest BCUT2D eigenvalue weighted by Gasteiger charge is -2.18. The summed E-state index contributed by atoms with van der Waals surface area (Å²) in [4.78, 5) is 0. The van der Waals surface area contributed by atoms with E-state index < -0.39 is 0 Å². The molecule has 1 atom stereocenters. The highest BCUT2D eigenvalue weighted by molar-refractivity contribution is 5.82. The van der Waals surface area contributed by atoms with Crippen molar-refractivity contribution in [2.24, 2.45) is 10.8 Å². The first-order valence-electron chi connectivity index (χ1n) is 4.90. The van der Waals surface area contributed by atoms with Crippen LogP contribution < -0.4 is 10.5 Å². The number of ether oxygens (including phenoxy) is 1. The van der Waals surface area contributed by atoms with Crippen LogP contribution in [0.25, 0.3) is 0 Å². The van der Waals surface area contributed by atoms with Crippen LogP contribution >= 0.6 is 0 Å². The highest BCUT2D eigenvalue weighted by atomic mass is 16.5. The molecule has 2 N–H and O–H groups in total. The summed E-state index contributed by atoms with van der Waals surface area (Å²) in [6, 6.07) is 8.27. The van der Waals surface area contributed by atoms with Gasteiger partial charge in [-0.2, -0.15) is 5.10 Å². The van der Waals surface area contributed by atoms with E-state index >= 15 is 0 Å². The van der Waals surface area contributed by atoms with Gasteiger partial charge in [0.25, 0.3) is 0 Å². The van der Waals surface area contributed by atoms with Crippen LogP contribution in [0.15, 0.2) is 29.4 Å². The number of rotatable bonds is 2. The second-order valence-electron chi connectivity index (χ2n) is 3.66. The molecule has 0 amide bonds. The molecule has 0 saturated carbocycles. The minimum atomic E-state index is 0.260. The first kappa shape index (κ1) is 9.83. The van der Waals surface area contributed by atoms with Crippen molar-refractivity contribution in [2.45, 2.75) is 12.5 Å². The van der Waals surface area contributed by atoms with Gasteiger partial charge in [0.15, 0.2) is 0 Å². The Hall–Kier alpha value is -1.71. The zero-order valence-corrected chi connectivity index (χ0v) is 8.97. The topological polar surface area (TPSA) is 50.9 Å². The van der Waals surface area contributed by atoms with Crippen molar-refractivity contribution in [3.05, 3.63) is 29.8 Å². The van der Waals surface area contributed by atoms with Gasteiger partial charge in [0, 0.05) is 13.5 Å². The molecule has 1 aromatic carbocycles. The lowest BCUT2D eigenvalue weighted by molar-refractivity contribution is 0.289. The van der Waals surface area contributed by atoms with Gasteiger partial charge in [-0.15, -0.1) is 0 Å². The summed E-state index contributed by atoms with van der Waals surface area (Å²) >= 11 is 0. The Bertz CT molecular complexity index is 372. The molecule has 4 nitrogen and oxygen atoms in total. The molecule has 0 aliphatic carbocycles. The number of nitrogens with two attached hydrogens (primary N) is 1. The second-order valence-corrected chi connectivity index (χ2v) is 3.66. The SMILES string of the molecule is COc1ccc([C@H]2CC(N)=NN2C)cc1. The molecule has 2 rings (SSSR count). The summed E-state index contributed by atoms with van der Waals surface area (Å²) in [5.74, 6) is 1.56. The van der Waals surface area contributed by atoms with Crippen molar-refractivity contribution in [1.29, 1.82) is 0 Å². The van der Waals surface area contributed by atoms with Crippen molar-refractivity contribution in [2.75, 3.05) is 14.2 Å². The van der Waals surface area contributed by atoms with E-state index in [1.807, 2.05) is 36.3 Å². The van der Waals surface area contributed by atoms with E-state index in [0.29, 0.717) is 5.84 Å². The largest absolute Gasteiger partial charge is 0.497 e. The number of benzene rings is 1. The Balaban J connectivity index is 2.17. The number of amidine groups is 1. The van der Waals surface area contributed by atoms with Crippen molar-refractivity contribution < 1.29 is 4.74 Å². The van der Waals surface area contributed by atoms with Gasteiger partial charge in [-0.25, -0.2) is 0 Å². The molecule has 0 spiro atoms. The summed E-state index contributed by atoms with van der Waals surface area (Å²) in [6.07, 6.45) is 0.794. The highest BCUT2D eigenvalue weighted by Crippen LogP contribution is 2.28. The van der Waals surface area contributed by atoms with Crippen LogP contribution in [0.3, 0.4) is 0 Å². The van der Waals surface area contributed by atoms with Crippen LogP contribution in [0.5, 0.6) is 5.75 Å². The maximum Gasteiger partial charge on any atom is 0.122 e. The number of hydrazone groups is 1. The predicted octanol–water partition coefficient (Wildman–Crippen LogP) is 1.34. The molecule has 1 aromatic rings. The van der Waals surface area contributed by atoms with Crippen LogP contribution in [-0.2, 0) is 0 Å². The first-order valence-corrected chi connectivity index (χ1v) is 4.90. The molecule has 1 aliphatic rings. The van der Waals surface area contributed by atoms with Crippen molar-refractivity contribution in [1.82, 2.24) is 5.01 Å². The van der Waals surface area contributed by atoms with Gasteiger partial charge in [-0.05, 0) is 17.7 Å². The average molecular weight is 205 g/mol. The minimum Gasteiger partial charge on any atom is -0.497 e. The van der Waals surface area contributed by atoms with Gasteiger partial charge in [0.2, 0.25) is 0 Å². The van der Waals surface area contributed by atoms with E-state index in [2.05, 4.69) is 5.10 Å². The number of hydrogen-bond acceptors (Lipinski definition) is 4. The van der Waals surface area contributed by atoms with Gasteiger partial charge in [-0.1, -0.05) is 12.1 Å². The summed E-state index contributed by atoms with van der Waals surface area (Å²) < 4.78 is 5.11. The van der Waals surface area contributed by atoms with Crippen LogP contribution in [0.1, 0.15) is 18.0 Å². The minimum absolute atomic E-state index is 0.260. The quantitative estimate of drug-likeness (QED) is 0.792. The Labute approximate surface area is 89.3 Å².